The molecule has 7 nitrogen and oxygen atoms in total. The molecular formula is C18H21N5O2. The molecule has 1 aliphatic rings. The van der Waals surface area contributed by atoms with Crippen molar-refractivity contribution in [2.45, 2.75) is 31.8 Å². The standard InChI is InChI=1S/C18H21N5O2/c1-2-16(24)19-11-13-6-8-14(9-7-13)18(25)23-10-4-3-5-15(23)17-20-12-21-22-17/h2,6-9,12,15H,1,3-5,10-11H2,(H,19,24)(H,20,21,22). The van der Waals surface area contributed by atoms with E-state index in [0.29, 0.717) is 18.7 Å². The van der Waals surface area contributed by atoms with Crippen LogP contribution in [0.3, 0.4) is 0 Å². The van der Waals surface area contributed by atoms with Crippen LogP contribution in [0.25, 0.3) is 0 Å². The highest BCUT2D eigenvalue weighted by molar-refractivity contribution is 5.94. The van der Waals surface area contributed by atoms with Gasteiger partial charge in [-0.3, -0.25) is 14.7 Å². The lowest BCUT2D eigenvalue weighted by Gasteiger charge is -2.34. The molecule has 2 aromatic rings. The minimum absolute atomic E-state index is 0.0113. The van der Waals surface area contributed by atoms with Crippen molar-refractivity contribution in [2.75, 3.05) is 6.54 Å². The van der Waals surface area contributed by atoms with Crippen molar-refractivity contribution in [2.24, 2.45) is 0 Å². The average Bonchev–Trinajstić information content (AvgIpc) is 3.20. The SMILES string of the molecule is C=CC(=O)NCc1ccc(C(=O)N2CCCCC2c2ncn[nH]2)cc1. The van der Waals surface area contributed by atoms with E-state index in [4.69, 9.17) is 0 Å². The summed E-state index contributed by atoms with van der Waals surface area (Å²) in [4.78, 5) is 30.2. The topological polar surface area (TPSA) is 91.0 Å². The van der Waals surface area contributed by atoms with Crippen LogP contribution in [0.4, 0.5) is 0 Å². The summed E-state index contributed by atoms with van der Waals surface area (Å²) in [6.07, 6.45) is 5.64. The van der Waals surface area contributed by atoms with Crippen molar-refractivity contribution in [1.82, 2.24) is 25.4 Å². The zero-order chi connectivity index (χ0) is 17.6. The minimum atomic E-state index is -0.219. The molecule has 0 radical (unpaired) electrons. The Morgan fingerprint density at radius 3 is 2.80 bits per heavy atom. The Kier molecular flexibility index (Phi) is 5.23. The molecule has 0 spiro atoms. The van der Waals surface area contributed by atoms with Gasteiger partial charge < -0.3 is 10.2 Å². The van der Waals surface area contributed by atoms with Gasteiger partial charge in [-0.1, -0.05) is 18.7 Å². The van der Waals surface area contributed by atoms with Gasteiger partial charge in [0.05, 0.1) is 6.04 Å². The quantitative estimate of drug-likeness (QED) is 0.815. The van der Waals surface area contributed by atoms with E-state index in [-0.39, 0.29) is 17.9 Å². The van der Waals surface area contributed by atoms with E-state index in [0.717, 1.165) is 30.7 Å². The molecule has 1 aliphatic heterocycles. The first-order chi connectivity index (χ1) is 12.2. The molecule has 1 aromatic carbocycles. The first kappa shape index (κ1) is 16.9. The molecule has 0 aliphatic carbocycles. The number of amides is 2. The zero-order valence-corrected chi connectivity index (χ0v) is 13.9. The van der Waals surface area contributed by atoms with Gasteiger partial charge in [0.25, 0.3) is 5.91 Å². The fourth-order valence-electron chi connectivity index (χ4n) is 3.03. The maximum Gasteiger partial charge on any atom is 0.254 e. The second kappa shape index (κ2) is 7.74. The van der Waals surface area contributed by atoms with Crippen molar-refractivity contribution >= 4 is 11.8 Å². The summed E-state index contributed by atoms with van der Waals surface area (Å²) >= 11 is 0. The molecule has 7 heteroatoms. The second-order valence-corrected chi connectivity index (χ2v) is 6.00. The Labute approximate surface area is 146 Å². The molecule has 2 heterocycles. The van der Waals surface area contributed by atoms with E-state index in [1.165, 1.54) is 12.4 Å². The first-order valence-corrected chi connectivity index (χ1v) is 8.34. The highest BCUT2D eigenvalue weighted by Gasteiger charge is 2.30. The van der Waals surface area contributed by atoms with Gasteiger partial charge in [-0.05, 0) is 43.0 Å². The number of nitrogens with zero attached hydrogens (tertiary/aromatic N) is 3. The van der Waals surface area contributed by atoms with E-state index < -0.39 is 0 Å². The molecule has 1 saturated heterocycles. The molecule has 1 atom stereocenters. The van der Waals surface area contributed by atoms with Crippen LogP contribution < -0.4 is 5.32 Å². The summed E-state index contributed by atoms with van der Waals surface area (Å²) in [5.41, 5.74) is 1.56. The molecule has 1 fully saturated rings. The fraction of sp³-hybridized carbons (Fsp3) is 0.333. The Morgan fingerprint density at radius 1 is 1.32 bits per heavy atom. The van der Waals surface area contributed by atoms with Gasteiger partial charge in [-0.2, -0.15) is 5.10 Å². The van der Waals surface area contributed by atoms with Crippen molar-refractivity contribution < 1.29 is 9.59 Å². The van der Waals surface area contributed by atoms with Crippen LogP contribution in [0.1, 0.15) is 47.1 Å². The van der Waals surface area contributed by atoms with E-state index in [2.05, 4.69) is 27.1 Å². The van der Waals surface area contributed by atoms with E-state index >= 15 is 0 Å². The normalized spacial score (nSPS) is 17.1. The van der Waals surface area contributed by atoms with E-state index in [1.807, 2.05) is 17.0 Å². The van der Waals surface area contributed by atoms with Crippen molar-refractivity contribution in [3.05, 3.63) is 60.2 Å². The van der Waals surface area contributed by atoms with Crippen LogP contribution in [-0.4, -0.2) is 38.4 Å². The van der Waals surface area contributed by atoms with Gasteiger partial charge >= 0.3 is 0 Å². The van der Waals surface area contributed by atoms with Crippen molar-refractivity contribution in [3.8, 4) is 0 Å². The number of aromatic nitrogens is 3. The predicted octanol–water partition coefficient (Wildman–Crippen LogP) is 1.97. The van der Waals surface area contributed by atoms with Crippen LogP contribution >= 0.6 is 0 Å². The van der Waals surface area contributed by atoms with Crippen LogP contribution in [0, 0.1) is 0 Å². The highest BCUT2D eigenvalue weighted by Crippen LogP contribution is 2.29. The van der Waals surface area contributed by atoms with Gasteiger partial charge in [-0.25, -0.2) is 4.98 Å². The summed E-state index contributed by atoms with van der Waals surface area (Å²) in [5.74, 6) is 0.503. The summed E-state index contributed by atoms with van der Waals surface area (Å²) < 4.78 is 0. The largest absolute Gasteiger partial charge is 0.348 e. The monoisotopic (exact) mass is 339 g/mol. The number of piperidine rings is 1. The lowest BCUT2D eigenvalue weighted by atomic mass is 10.00. The van der Waals surface area contributed by atoms with E-state index in [1.54, 1.807) is 12.1 Å². The zero-order valence-electron chi connectivity index (χ0n) is 13.9. The van der Waals surface area contributed by atoms with Gasteiger partial charge in [0.1, 0.15) is 12.2 Å². The lowest BCUT2D eigenvalue weighted by molar-refractivity contribution is -0.116. The molecule has 2 amide bonds. The fourth-order valence-corrected chi connectivity index (χ4v) is 3.03. The number of rotatable bonds is 5. The van der Waals surface area contributed by atoms with Crippen molar-refractivity contribution in [1.29, 1.82) is 0 Å². The predicted molar refractivity (Wildman–Crippen MR) is 92.5 cm³/mol. The Hall–Kier alpha value is -2.96. The summed E-state index contributed by atoms with van der Waals surface area (Å²) in [5, 5.41) is 9.50. The number of hydrogen-bond donors (Lipinski definition) is 2. The minimum Gasteiger partial charge on any atom is -0.348 e. The maximum absolute atomic E-state index is 12.9. The molecule has 3 rings (SSSR count). The Morgan fingerprint density at radius 2 is 2.12 bits per heavy atom. The molecule has 2 N–H and O–H groups in total. The van der Waals surface area contributed by atoms with Crippen LogP contribution in [0.15, 0.2) is 43.2 Å². The Bertz CT molecular complexity index is 739. The summed E-state index contributed by atoms with van der Waals surface area (Å²) in [7, 11) is 0. The molecule has 0 saturated carbocycles. The lowest BCUT2D eigenvalue weighted by Crippen LogP contribution is -2.39. The number of carbonyl (C=O) groups is 2. The van der Waals surface area contributed by atoms with E-state index in [9.17, 15) is 9.59 Å². The van der Waals surface area contributed by atoms with Crippen LogP contribution in [-0.2, 0) is 11.3 Å². The van der Waals surface area contributed by atoms with Gasteiger partial charge in [0.15, 0.2) is 0 Å². The summed E-state index contributed by atoms with van der Waals surface area (Å²) in [6, 6.07) is 7.23. The number of H-pyrrole nitrogens is 1. The van der Waals surface area contributed by atoms with Crippen molar-refractivity contribution in [3.63, 3.8) is 0 Å². The third-order valence-corrected chi connectivity index (χ3v) is 4.37. The summed E-state index contributed by atoms with van der Waals surface area (Å²) in [6.45, 7) is 4.53. The molecule has 130 valence electrons. The third kappa shape index (κ3) is 3.93. The molecular weight excluding hydrogens is 318 g/mol. The van der Waals surface area contributed by atoms with Crippen LogP contribution in [0.2, 0.25) is 0 Å². The number of likely N-dealkylation sites (tertiary alicyclic amines) is 1. The number of benzene rings is 1. The molecule has 25 heavy (non-hydrogen) atoms. The Balaban J connectivity index is 1.70. The number of carbonyl (C=O) groups excluding carboxylic acids is 2. The number of nitrogens with one attached hydrogen (secondary N) is 2. The second-order valence-electron chi connectivity index (χ2n) is 6.00. The molecule has 1 aromatic heterocycles. The third-order valence-electron chi connectivity index (χ3n) is 4.37. The van der Waals surface area contributed by atoms with Gasteiger partial charge in [-0.15, -0.1) is 0 Å². The average molecular weight is 339 g/mol. The first-order valence-electron chi connectivity index (χ1n) is 8.34. The van der Waals surface area contributed by atoms with Gasteiger partial charge in [0, 0.05) is 18.7 Å². The molecule has 0 bridgehead atoms. The molecule has 1 unspecified atom stereocenters. The van der Waals surface area contributed by atoms with Crippen LogP contribution in [0.5, 0.6) is 0 Å². The van der Waals surface area contributed by atoms with Gasteiger partial charge in [0.2, 0.25) is 5.91 Å². The number of aromatic amines is 1. The highest BCUT2D eigenvalue weighted by atomic mass is 16.2. The maximum atomic E-state index is 12.9. The smallest absolute Gasteiger partial charge is 0.254 e. The number of hydrogen-bond acceptors (Lipinski definition) is 4.